The molecule has 0 fully saturated rings. The van der Waals surface area contributed by atoms with Gasteiger partial charge in [0.2, 0.25) is 0 Å². The van der Waals surface area contributed by atoms with E-state index in [1.807, 2.05) is 26.0 Å². The standard InChI is InChI=1S/C16H18N4O3S/c1-12(2)20-10-16(18-11-20)24(21,22)19-8-13-6-14(9-17-7-13)15-4-3-5-23-15/h3-7,9-12,19H,8H2,1-2H3. The molecule has 0 aliphatic rings. The molecule has 0 bridgehead atoms. The van der Waals surface area contributed by atoms with E-state index in [1.165, 1.54) is 12.5 Å². The summed E-state index contributed by atoms with van der Waals surface area (Å²) in [5.41, 5.74) is 1.52. The van der Waals surface area contributed by atoms with Crippen molar-refractivity contribution >= 4 is 10.0 Å². The van der Waals surface area contributed by atoms with Crippen LogP contribution in [0.2, 0.25) is 0 Å². The van der Waals surface area contributed by atoms with Gasteiger partial charge in [0.15, 0.2) is 5.03 Å². The van der Waals surface area contributed by atoms with Crippen LogP contribution in [0.4, 0.5) is 0 Å². The molecule has 3 aromatic rings. The quantitative estimate of drug-likeness (QED) is 0.741. The number of hydrogen-bond acceptors (Lipinski definition) is 5. The maximum absolute atomic E-state index is 12.3. The predicted molar refractivity (Wildman–Crippen MR) is 88.6 cm³/mol. The summed E-state index contributed by atoms with van der Waals surface area (Å²) in [6, 6.07) is 5.59. The van der Waals surface area contributed by atoms with Gasteiger partial charge >= 0.3 is 0 Å². The van der Waals surface area contributed by atoms with E-state index in [1.54, 1.807) is 29.3 Å². The number of imidazole rings is 1. The van der Waals surface area contributed by atoms with Gasteiger partial charge in [0.25, 0.3) is 10.0 Å². The normalized spacial score (nSPS) is 12.0. The van der Waals surface area contributed by atoms with Gasteiger partial charge in [0, 0.05) is 36.7 Å². The van der Waals surface area contributed by atoms with Crippen molar-refractivity contribution in [3.05, 3.63) is 54.9 Å². The molecule has 7 nitrogen and oxygen atoms in total. The van der Waals surface area contributed by atoms with Crippen molar-refractivity contribution in [1.29, 1.82) is 0 Å². The van der Waals surface area contributed by atoms with E-state index >= 15 is 0 Å². The lowest BCUT2D eigenvalue weighted by Gasteiger charge is -2.06. The van der Waals surface area contributed by atoms with Crippen LogP contribution in [-0.4, -0.2) is 23.0 Å². The van der Waals surface area contributed by atoms with Crippen molar-refractivity contribution in [3.8, 4) is 11.3 Å². The molecule has 0 aliphatic heterocycles. The van der Waals surface area contributed by atoms with Crippen molar-refractivity contribution in [2.45, 2.75) is 31.5 Å². The molecule has 0 aliphatic carbocycles. The SMILES string of the molecule is CC(C)n1cnc(S(=O)(=O)NCc2cncc(-c3ccco3)c2)c1. The smallest absolute Gasteiger partial charge is 0.259 e. The van der Waals surface area contributed by atoms with E-state index < -0.39 is 10.0 Å². The van der Waals surface area contributed by atoms with Crippen molar-refractivity contribution in [2.24, 2.45) is 0 Å². The number of sulfonamides is 1. The van der Waals surface area contributed by atoms with Gasteiger partial charge in [0.05, 0.1) is 12.6 Å². The van der Waals surface area contributed by atoms with Gasteiger partial charge in [-0.1, -0.05) is 0 Å². The van der Waals surface area contributed by atoms with Gasteiger partial charge in [-0.3, -0.25) is 4.98 Å². The molecule has 1 N–H and O–H groups in total. The molecule has 0 atom stereocenters. The average Bonchev–Trinajstić information content (AvgIpc) is 3.25. The first-order chi connectivity index (χ1) is 11.5. The number of aromatic nitrogens is 3. The number of furan rings is 1. The summed E-state index contributed by atoms with van der Waals surface area (Å²) in [6.07, 6.45) is 7.89. The van der Waals surface area contributed by atoms with Crippen LogP contribution in [0, 0.1) is 0 Å². The van der Waals surface area contributed by atoms with Crippen molar-refractivity contribution in [1.82, 2.24) is 19.3 Å². The van der Waals surface area contributed by atoms with E-state index in [-0.39, 0.29) is 17.6 Å². The molecule has 3 aromatic heterocycles. The number of nitrogens with zero attached hydrogens (tertiary/aromatic N) is 3. The Morgan fingerprint density at radius 1 is 1.33 bits per heavy atom. The zero-order valence-electron chi connectivity index (χ0n) is 13.4. The summed E-state index contributed by atoms with van der Waals surface area (Å²) < 4.78 is 34.3. The zero-order chi connectivity index (χ0) is 17.2. The highest BCUT2D eigenvalue weighted by Gasteiger charge is 2.18. The topological polar surface area (TPSA) is 90.0 Å². The summed E-state index contributed by atoms with van der Waals surface area (Å²) in [6.45, 7) is 4.03. The summed E-state index contributed by atoms with van der Waals surface area (Å²) in [7, 11) is -3.67. The van der Waals surface area contributed by atoms with Crippen LogP contribution in [0.3, 0.4) is 0 Å². The highest BCUT2D eigenvalue weighted by atomic mass is 32.2. The fraction of sp³-hybridized carbons (Fsp3) is 0.250. The molecule has 24 heavy (non-hydrogen) atoms. The Labute approximate surface area is 140 Å². The molecule has 0 unspecified atom stereocenters. The van der Waals surface area contributed by atoms with Gasteiger partial charge in [-0.2, -0.15) is 0 Å². The third-order valence-corrected chi connectivity index (χ3v) is 4.80. The zero-order valence-corrected chi connectivity index (χ0v) is 14.2. The van der Waals surface area contributed by atoms with Crippen LogP contribution in [0.15, 0.2) is 58.8 Å². The van der Waals surface area contributed by atoms with Crippen LogP contribution in [0.5, 0.6) is 0 Å². The summed E-state index contributed by atoms with van der Waals surface area (Å²) in [5.74, 6) is 0.683. The lowest BCUT2D eigenvalue weighted by atomic mass is 10.2. The number of pyridine rings is 1. The number of nitrogens with one attached hydrogen (secondary N) is 1. The van der Waals surface area contributed by atoms with E-state index in [2.05, 4.69) is 14.7 Å². The molecule has 0 saturated heterocycles. The first-order valence-corrected chi connectivity index (χ1v) is 8.95. The summed E-state index contributed by atoms with van der Waals surface area (Å²) in [4.78, 5) is 8.09. The van der Waals surface area contributed by atoms with Crippen molar-refractivity contribution in [3.63, 3.8) is 0 Å². The van der Waals surface area contributed by atoms with Gasteiger partial charge in [-0.05, 0) is 37.6 Å². The lowest BCUT2D eigenvalue weighted by molar-refractivity contribution is 0.575. The highest BCUT2D eigenvalue weighted by molar-refractivity contribution is 7.89. The molecule has 0 radical (unpaired) electrons. The monoisotopic (exact) mass is 346 g/mol. The third kappa shape index (κ3) is 3.55. The maximum Gasteiger partial charge on any atom is 0.259 e. The molecular formula is C16H18N4O3S. The third-order valence-electron chi connectivity index (χ3n) is 3.52. The molecule has 126 valence electrons. The van der Waals surface area contributed by atoms with E-state index in [4.69, 9.17) is 4.42 Å². The Bertz CT molecular complexity index is 914. The second-order valence-corrected chi connectivity index (χ2v) is 7.35. The minimum Gasteiger partial charge on any atom is -0.464 e. The summed E-state index contributed by atoms with van der Waals surface area (Å²) in [5, 5.41) is 0.00588. The van der Waals surface area contributed by atoms with Crippen LogP contribution in [0.1, 0.15) is 25.5 Å². The Morgan fingerprint density at radius 2 is 2.17 bits per heavy atom. The second-order valence-electron chi connectivity index (χ2n) is 5.64. The Morgan fingerprint density at radius 3 is 2.83 bits per heavy atom. The molecule has 8 heteroatoms. The Hall–Kier alpha value is -2.45. The maximum atomic E-state index is 12.3. The Balaban J connectivity index is 1.74. The Kier molecular flexibility index (Phi) is 4.50. The van der Waals surface area contributed by atoms with Crippen LogP contribution in [-0.2, 0) is 16.6 Å². The van der Waals surface area contributed by atoms with Crippen LogP contribution in [0.25, 0.3) is 11.3 Å². The summed E-state index contributed by atoms with van der Waals surface area (Å²) >= 11 is 0. The van der Waals surface area contributed by atoms with Crippen molar-refractivity contribution in [2.75, 3.05) is 0 Å². The fourth-order valence-corrected chi connectivity index (χ4v) is 3.10. The first kappa shape index (κ1) is 16.4. The molecule has 0 spiro atoms. The van der Waals surface area contributed by atoms with E-state index in [0.717, 1.165) is 11.1 Å². The average molecular weight is 346 g/mol. The highest BCUT2D eigenvalue weighted by Crippen LogP contribution is 2.20. The largest absolute Gasteiger partial charge is 0.464 e. The van der Waals surface area contributed by atoms with E-state index in [0.29, 0.717) is 5.76 Å². The fourth-order valence-electron chi connectivity index (χ4n) is 2.15. The first-order valence-electron chi connectivity index (χ1n) is 7.46. The second kappa shape index (κ2) is 6.58. The lowest BCUT2D eigenvalue weighted by Crippen LogP contribution is -2.23. The van der Waals surface area contributed by atoms with Crippen molar-refractivity contribution < 1.29 is 12.8 Å². The minimum atomic E-state index is -3.67. The van der Waals surface area contributed by atoms with Gasteiger partial charge in [0.1, 0.15) is 5.76 Å². The molecule has 0 amide bonds. The van der Waals surface area contributed by atoms with Gasteiger partial charge in [-0.15, -0.1) is 0 Å². The van der Waals surface area contributed by atoms with E-state index in [9.17, 15) is 8.42 Å². The number of hydrogen-bond donors (Lipinski definition) is 1. The van der Waals surface area contributed by atoms with Gasteiger partial charge in [-0.25, -0.2) is 18.1 Å². The molecule has 3 heterocycles. The number of rotatable bonds is 6. The van der Waals surface area contributed by atoms with Crippen LogP contribution >= 0.6 is 0 Å². The molecule has 3 rings (SSSR count). The molecule has 0 aromatic carbocycles. The molecule has 0 saturated carbocycles. The molecular weight excluding hydrogens is 328 g/mol. The predicted octanol–water partition coefficient (Wildman–Crippen LogP) is 2.60. The van der Waals surface area contributed by atoms with Gasteiger partial charge < -0.3 is 8.98 Å². The minimum absolute atomic E-state index is 0.00588. The van der Waals surface area contributed by atoms with Crippen LogP contribution < -0.4 is 4.72 Å².